The van der Waals surface area contributed by atoms with Gasteiger partial charge in [-0.25, -0.2) is 9.59 Å². The van der Waals surface area contributed by atoms with Crippen LogP contribution < -0.4 is 16.4 Å². The molecule has 0 radical (unpaired) electrons. The van der Waals surface area contributed by atoms with E-state index in [1.54, 1.807) is 18.2 Å². The van der Waals surface area contributed by atoms with Crippen LogP contribution in [0.3, 0.4) is 0 Å². The molecule has 1 aromatic rings. The Balaban J connectivity index is 2.89. The zero-order chi connectivity index (χ0) is 15.3. The number of aliphatic carboxylic acids is 1. The van der Waals surface area contributed by atoms with Crippen molar-refractivity contribution in [3.05, 3.63) is 35.4 Å². The minimum absolute atomic E-state index is 0.0334. The van der Waals surface area contributed by atoms with Crippen LogP contribution in [-0.2, 0) is 9.59 Å². The van der Waals surface area contributed by atoms with Crippen LogP contribution in [0.25, 0.3) is 0 Å². The first-order chi connectivity index (χ1) is 9.31. The van der Waals surface area contributed by atoms with E-state index in [4.69, 9.17) is 10.8 Å². The number of primary amides is 1. The van der Waals surface area contributed by atoms with Crippen molar-refractivity contribution in [2.45, 2.75) is 13.8 Å². The van der Waals surface area contributed by atoms with Crippen LogP contribution in [0, 0.1) is 0 Å². The first kappa shape index (κ1) is 15.2. The van der Waals surface area contributed by atoms with Crippen molar-refractivity contribution >= 4 is 29.3 Å². The van der Waals surface area contributed by atoms with Crippen LogP contribution in [-0.4, -0.2) is 23.0 Å². The van der Waals surface area contributed by atoms with Gasteiger partial charge < -0.3 is 21.5 Å². The van der Waals surface area contributed by atoms with Gasteiger partial charge in [0, 0.05) is 22.5 Å². The molecule has 0 unspecified atom stereocenters. The van der Waals surface area contributed by atoms with E-state index in [9.17, 15) is 14.4 Å². The number of benzene rings is 1. The third-order valence-corrected chi connectivity index (χ3v) is 2.61. The zero-order valence-electron chi connectivity index (χ0n) is 11.1. The number of rotatable bonds is 4. The molecule has 0 atom stereocenters. The Morgan fingerprint density at radius 3 is 2.10 bits per heavy atom. The van der Waals surface area contributed by atoms with Gasteiger partial charge in [0.2, 0.25) is 0 Å². The maximum Gasteiger partial charge on any atom is 0.331 e. The average molecular weight is 277 g/mol. The fraction of sp³-hybridized carbons (Fsp3) is 0.154. The second-order valence-electron chi connectivity index (χ2n) is 4.08. The van der Waals surface area contributed by atoms with E-state index < -0.39 is 17.9 Å². The van der Waals surface area contributed by atoms with Gasteiger partial charge in [-0.3, -0.25) is 4.79 Å². The van der Waals surface area contributed by atoms with Gasteiger partial charge in [0.05, 0.1) is 0 Å². The lowest BCUT2D eigenvalue weighted by atomic mass is 10.1. The maximum absolute atomic E-state index is 11.8. The molecule has 3 amide bonds. The summed E-state index contributed by atoms with van der Waals surface area (Å²) in [6.07, 6.45) is 0. The number of carboxylic acid groups (broad SMARTS) is 1. The number of nitrogens with one attached hydrogen (secondary N) is 2. The summed E-state index contributed by atoms with van der Waals surface area (Å²) in [5, 5.41) is 13.7. The number of anilines is 2. The maximum atomic E-state index is 11.8. The van der Waals surface area contributed by atoms with E-state index in [0.29, 0.717) is 11.4 Å². The first-order valence-electron chi connectivity index (χ1n) is 5.70. The molecule has 7 nitrogen and oxygen atoms in total. The number of nitrogens with two attached hydrogens (primary N) is 1. The van der Waals surface area contributed by atoms with Gasteiger partial charge in [0.1, 0.15) is 0 Å². The van der Waals surface area contributed by atoms with E-state index in [1.807, 2.05) is 0 Å². The summed E-state index contributed by atoms with van der Waals surface area (Å²) in [4.78, 5) is 33.3. The first-order valence-corrected chi connectivity index (χ1v) is 5.70. The highest BCUT2D eigenvalue weighted by atomic mass is 16.4. The van der Waals surface area contributed by atoms with Crippen molar-refractivity contribution in [2.75, 3.05) is 10.6 Å². The van der Waals surface area contributed by atoms with Crippen LogP contribution in [0.4, 0.5) is 16.2 Å². The highest BCUT2D eigenvalue weighted by Crippen LogP contribution is 2.16. The van der Waals surface area contributed by atoms with Gasteiger partial charge in [-0.15, -0.1) is 0 Å². The summed E-state index contributed by atoms with van der Waals surface area (Å²) in [6, 6.07) is 5.61. The topological polar surface area (TPSA) is 122 Å². The highest BCUT2D eigenvalue weighted by molar-refractivity contribution is 6.08. The molecule has 0 saturated heterocycles. The molecule has 1 aromatic carbocycles. The monoisotopic (exact) mass is 277 g/mol. The average Bonchev–Trinajstić information content (AvgIpc) is 2.36. The minimum atomic E-state index is -1.15. The van der Waals surface area contributed by atoms with E-state index in [1.165, 1.54) is 19.9 Å². The molecule has 0 aliphatic heterocycles. The van der Waals surface area contributed by atoms with Gasteiger partial charge in [0.25, 0.3) is 5.91 Å². The molecule has 106 valence electrons. The minimum Gasteiger partial charge on any atom is -0.478 e. The van der Waals surface area contributed by atoms with Gasteiger partial charge in [-0.1, -0.05) is 6.07 Å². The highest BCUT2D eigenvalue weighted by Gasteiger charge is 2.12. The van der Waals surface area contributed by atoms with Crippen molar-refractivity contribution in [3.8, 4) is 0 Å². The molecule has 0 aliphatic rings. The molecule has 0 bridgehead atoms. The Hall–Kier alpha value is -2.83. The molecule has 0 aromatic heterocycles. The Labute approximate surface area is 115 Å². The molecule has 0 fully saturated rings. The third kappa shape index (κ3) is 4.13. The normalized spacial score (nSPS) is 11.3. The molecule has 20 heavy (non-hydrogen) atoms. The summed E-state index contributed by atoms with van der Waals surface area (Å²) in [5.41, 5.74) is 5.89. The smallest absolute Gasteiger partial charge is 0.331 e. The molecule has 1 rings (SSSR count). The van der Waals surface area contributed by atoms with Crippen molar-refractivity contribution in [3.63, 3.8) is 0 Å². The number of amides is 3. The van der Waals surface area contributed by atoms with Crippen molar-refractivity contribution in [2.24, 2.45) is 5.73 Å². The fourth-order valence-corrected chi connectivity index (χ4v) is 1.37. The second-order valence-corrected chi connectivity index (χ2v) is 4.08. The zero-order valence-corrected chi connectivity index (χ0v) is 11.1. The Kier molecular flexibility index (Phi) is 4.85. The van der Waals surface area contributed by atoms with E-state index in [2.05, 4.69) is 10.6 Å². The summed E-state index contributed by atoms with van der Waals surface area (Å²) < 4.78 is 0. The third-order valence-electron chi connectivity index (χ3n) is 2.61. The predicted octanol–water partition coefficient (Wildman–Crippen LogP) is 1.54. The summed E-state index contributed by atoms with van der Waals surface area (Å²) in [5.74, 6) is -1.68. The van der Waals surface area contributed by atoms with Crippen LogP contribution in [0.5, 0.6) is 0 Å². The molecule has 0 aliphatic carbocycles. The van der Waals surface area contributed by atoms with Crippen molar-refractivity contribution < 1.29 is 19.5 Å². The van der Waals surface area contributed by atoms with Crippen LogP contribution in [0.1, 0.15) is 13.8 Å². The lowest BCUT2D eigenvalue weighted by molar-refractivity contribution is -0.133. The molecule has 7 heteroatoms. The molecule has 5 N–H and O–H groups in total. The number of hydrogen-bond donors (Lipinski definition) is 4. The van der Waals surface area contributed by atoms with Crippen LogP contribution >= 0.6 is 0 Å². The van der Waals surface area contributed by atoms with Crippen LogP contribution in [0.2, 0.25) is 0 Å². The molecular weight excluding hydrogens is 262 g/mol. The summed E-state index contributed by atoms with van der Waals surface area (Å²) >= 11 is 0. The Morgan fingerprint density at radius 2 is 1.60 bits per heavy atom. The largest absolute Gasteiger partial charge is 0.478 e. The van der Waals surface area contributed by atoms with Crippen molar-refractivity contribution in [1.29, 1.82) is 0 Å². The lowest BCUT2D eigenvalue weighted by Gasteiger charge is -2.09. The summed E-state index contributed by atoms with van der Waals surface area (Å²) in [7, 11) is 0. The number of carbonyl (C=O) groups excluding carboxylic acids is 2. The Bertz CT molecular complexity index is 593. The van der Waals surface area contributed by atoms with Gasteiger partial charge >= 0.3 is 12.0 Å². The second kappa shape index (κ2) is 6.37. The molecule has 0 spiro atoms. The van der Waals surface area contributed by atoms with Gasteiger partial charge in [0.15, 0.2) is 0 Å². The van der Waals surface area contributed by atoms with E-state index >= 15 is 0 Å². The number of hydrogen-bond acceptors (Lipinski definition) is 3. The summed E-state index contributed by atoms with van der Waals surface area (Å²) in [6.45, 7) is 2.77. The lowest BCUT2D eigenvalue weighted by Crippen LogP contribution is -2.19. The standard InChI is InChI=1S/C13H15N3O4/c1-7(8(2)12(18)19)11(17)15-9-4-3-5-10(6-9)16-13(14)20/h3-6H,1-2H3,(H,15,17)(H,18,19)(H3,14,16,20). The quantitative estimate of drug-likeness (QED) is 0.623. The van der Waals surface area contributed by atoms with Crippen molar-refractivity contribution in [1.82, 2.24) is 0 Å². The number of carboxylic acids is 1. The van der Waals surface area contributed by atoms with Gasteiger partial charge in [-0.2, -0.15) is 0 Å². The Morgan fingerprint density at radius 1 is 1.05 bits per heavy atom. The molecule has 0 saturated carbocycles. The van der Waals surface area contributed by atoms with E-state index in [-0.39, 0.29) is 11.1 Å². The SMILES string of the molecule is CC(C(=O)O)=C(C)C(=O)Nc1cccc(NC(N)=O)c1. The number of carbonyl (C=O) groups is 3. The molecule has 0 heterocycles. The van der Waals surface area contributed by atoms with Gasteiger partial charge in [-0.05, 0) is 32.0 Å². The van der Waals surface area contributed by atoms with E-state index in [0.717, 1.165) is 0 Å². The number of urea groups is 1. The predicted molar refractivity (Wildman–Crippen MR) is 74.3 cm³/mol. The van der Waals surface area contributed by atoms with Crippen LogP contribution in [0.15, 0.2) is 35.4 Å². The molecular formula is C13H15N3O4. The fourth-order valence-electron chi connectivity index (χ4n) is 1.37.